The lowest BCUT2D eigenvalue weighted by atomic mass is 9.97. The lowest BCUT2D eigenvalue weighted by Gasteiger charge is -2.36. The average molecular weight is 1470 g/mol. The SMILES string of the molecule is CCOC(=O)Cn1cnc2c(N3N=CC4C=CC=CC43)nc(Cl)nc21.CCOC(=O)Cn1cnc2c(N3N=CC4C=CC=CC43)nc(N3CCN(c4ccncc4)CC3)nc21.O=C(O)Cn1cnc2c(N3N=CC4C=CC=CC43)nc(N3CCN(c4ccncc4)CC3)nc21.c1cc(N2CCNCC2)ccn1. The van der Waals surface area contributed by atoms with E-state index in [9.17, 15) is 19.5 Å². The summed E-state index contributed by atoms with van der Waals surface area (Å²) in [6.07, 6.45) is 45.9. The number of aromatic nitrogens is 15. The Morgan fingerprint density at radius 3 is 1.15 bits per heavy atom. The zero-order chi connectivity index (χ0) is 73.2. The number of imidazole rings is 3. The Balaban J connectivity index is 0.000000120. The van der Waals surface area contributed by atoms with Crippen LogP contribution in [0.1, 0.15) is 13.8 Å². The maximum atomic E-state index is 12.3. The van der Waals surface area contributed by atoms with Crippen molar-refractivity contribution < 1.29 is 29.0 Å². The molecule has 6 atom stereocenters. The lowest BCUT2D eigenvalue weighted by molar-refractivity contribution is -0.144. The normalized spacial score (nSPS) is 20.8. The van der Waals surface area contributed by atoms with Gasteiger partial charge in [-0.05, 0) is 61.8 Å². The molecule has 6 unspecified atom stereocenters. The summed E-state index contributed by atoms with van der Waals surface area (Å²) in [4.78, 5) is 100. The number of hydrazone groups is 3. The van der Waals surface area contributed by atoms with E-state index in [-0.39, 0.29) is 72.7 Å². The topological polar surface area (TPSA) is 334 Å². The fourth-order valence-corrected chi connectivity index (χ4v) is 14.0. The fourth-order valence-electron chi connectivity index (χ4n) is 13.9. The predicted octanol–water partition coefficient (Wildman–Crippen LogP) is 6.03. The number of halogens is 1. The number of hydrogen-bond acceptors (Lipinski definition) is 29. The van der Waals surface area contributed by atoms with Gasteiger partial charge in [0.2, 0.25) is 17.2 Å². The van der Waals surface area contributed by atoms with Gasteiger partial charge in [-0.15, -0.1) is 0 Å². The zero-order valence-corrected chi connectivity index (χ0v) is 59.6. The van der Waals surface area contributed by atoms with E-state index < -0.39 is 5.97 Å². The number of carbonyl (C=O) groups is 3. The Kier molecular flexibility index (Phi) is 21.2. The Morgan fingerprint density at radius 1 is 0.439 bits per heavy atom. The van der Waals surface area contributed by atoms with Crippen LogP contribution < -0.4 is 44.8 Å². The Morgan fingerprint density at radius 2 is 0.776 bits per heavy atom. The van der Waals surface area contributed by atoms with Crippen molar-refractivity contribution in [3.05, 3.63) is 171 Å². The highest BCUT2D eigenvalue weighted by atomic mass is 35.5. The molecule has 3 aliphatic carbocycles. The van der Waals surface area contributed by atoms with Gasteiger partial charge in [0.1, 0.15) is 19.6 Å². The van der Waals surface area contributed by atoms with Crippen LogP contribution >= 0.6 is 11.6 Å². The number of anilines is 8. The number of rotatable bonds is 16. The van der Waals surface area contributed by atoms with Crippen LogP contribution in [0.3, 0.4) is 0 Å². The van der Waals surface area contributed by atoms with Gasteiger partial charge in [-0.2, -0.15) is 45.2 Å². The van der Waals surface area contributed by atoms with Crippen LogP contribution in [-0.2, 0) is 43.5 Å². The summed E-state index contributed by atoms with van der Waals surface area (Å²) in [5, 5.41) is 32.1. The average Bonchev–Trinajstić information content (AvgIpc) is 1.64. The Bertz CT molecular complexity index is 4940. The van der Waals surface area contributed by atoms with Gasteiger partial charge >= 0.3 is 17.9 Å². The number of carboxylic acid groups (broad SMARTS) is 1. The van der Waals surface area contributed by atoms with E-state index in [0.29, 0.717) is 76.1 Å². The molecule has 2 N–H and O–H groups in total. The smallest absolute Gasteiger partial charge is 0.326 e. The molecule has 3 fully saturated rings. The number of ether oxygens (including phenoxy) is 2. The molecule has 0 radical (unpaired) electrons. The van der Waals surface area contributed by atoms with Gasteiger partial charge in [0.25, 0.3) is 0 Å². The molecule has 0 bridgehead atoms. The first-order chi connectivity index (χ1) is 52.5. The molecular formula is C73H78ClN27O6. The second-order valence-electron chi connectivity index (χ2n) is 25.8. The van der Waals surface area contributed by atoms with Crippen LogP contribution in [0.5, 0.6) is 0 Å². The van der Waals surface area contributed by atoms with Crippen LogP contribution in [0.25, 0.3) is 33.5 Å². The first-order valence-corrected chi connectivity index (χ1v) is 36.0. The number of pyridine rings is 3. The molecule has 9 aromatic rings. The highest BCUT2D eigenvalue weighted by Crippen LogP contribution is 2.37. The molecule has 9 aliphatic rings. The summed E-state index contributed by atoms with van der Waals surface area (Å²) in [5.74, 6) is 1.76. The molecule has 3 saturated heterocycles. The van der Waals surface area contributed by atoms with Gasteiger partial charge in [-0.25, -0.2) is 30.0 Å². The molecule has 9 aromatic heterocycles. The third kappa shape index (κ3) is 15.6. The Labute approximate surface area is 619 Å². The number of esters is 2. The second kappa shape index (κ2) is 32.3. The van der Waals surface area contributed by atoms with Gasteiger partial charge in [-0.3, -0.25) is 29.3 Å². The van der Waals surface area contributed by atoms with Crippen LogP contribution in [0.4, 0.5) is 46.4 Å². The molecule has 6 aliphatic heterocycles. The van der Waals surface area contributed by atoms with Crippen LogP contribution in [0.15, 0.2) is 181 Å². The summed E-state index contributed by atoms with van der Waals surface area (Å²) < 4.78 is 15.0. The third-order valence-corrected chi connectivity index (χ3v) is 19.3. The van der Waals surface area contributed by atoms with E-state index in [0.717, 1.165) is 89.9 Å². The maximum Gasteiger partial charge on any atom is 0.326 e. The van der Waals surface area contributed by atoms with Gasteiger partial charge in [0.15, 0.2) is 50.9 Å². The van der Waals surface area contributed by atoms with Gasteiger partial charge in [0.05, 0.1) is 50.3 Å². The molecule has 0 spiro atoms. The van der Waals surface area contributed by atoms with Gasteiger partial charge < -0.3 is 58.1 Å². The number of allylic oxidation sites excluding steroid dienone is 6. The largest absolute Gasteiger partial charge is 0.480 e. The fraction of sp³-hybridized carbons (Fsp3) is 0.342. The number of carboxylic acids is 1. The standard InChI is InChI=1S/C25H27N9O2.C23H23N9O2.C16H15ClN6O2.C9H13N3/c1-2-36-21(35)16-33-17-27-22-23(33)29-25(30-24(22)34-20-6-4-3-5-18(20)15-28-34)32-13-11-31(12-14-32)19-7-9-26-10-8-19;33-19(34)14-31-15-25-20-21(31)27-23(28-22(20)32-18-4-2-1-3-16(18)13-26-32)30-11-9-29(10-12-30)17-5-7-24-8-6-17;1-2-25-12(24)8-22-9-18-13-14(22)20-16(17)21-15(13)23-11-6-4-3-5-10(11)7-19-23;1-3-10-4-2-9(1)12-7-5-11-6-8-12/h3-10,15,17-18,20H,2,11-14,16H2,1H3;1-8,13,15-16,18H,9-12,14H2,(H,33,34);3-7,9-11H,2,8H2,1H3;1-4,11H,5-8H2. The first kappa shape index (κ1) is 70.3. The minimum atomic E-state index is -0.952. The van der Waals surface area contributed by atoms with Gasteiger partial charge in [-0.1, -0.05) is 72.9 Å². The molecule has 18 rings (SSSR count). The van der Waals surface area contributed by atoms with Crippen molar-refractivity contribution in [2.45, 2.75) is 51.6 Å². The Hall–Kier alpha value is -12.4. The van der Waals surface area contributed by atoms with Gasteiger partial charge in [0, 0.05) is 169 Å². The van der Waals surface area contributed by atoms with E-state index in [2.05, 4.69) is 134 Å². The first-order valence-electron chi connectivity index (χ1n) is 35.6. The molecule has 0 amide bonds. The predicted molar refractivity (Wildman–Crippen MR) is 408 cm³/mol. The van der Waals surface area contributed by atoms with Crippen LogP contribution in [0, 0.1) is 17.8 Å². The van der Waals surface area contributed by atoms with Crippen LogP contribution in [-0.4, -0.2) is 225 Å². The van der Waals surface area contributed by atoms with Crippen LogP contribution in [0.2, 0.25) is 5.28 Å². The summed E-state index contributed by atoms with van der Waals surface area (Å²) in [6, 6.07) is 12.2. The highest BCUT2D eigenvalue weighted by Gasteiger charge is 2.37. The summed E-state index contributed by atoms with van der Waals surface area (Å²) in [6.45, 7) is 14.7. The van der Waals surface area contributed by atoms with Crippen molar-refractivity contribution >= 4 is 128 Å². The number of hydrogen-bond donors (Lipinski definition) is 2. The number of nitrogens with zero attached hydrogens (tertiary/aromatic N) is 26. The zero-order valence-electron chi connectivity index (χ0n) is 58.8. The van der Waals surface area contributed by atoms with E-state index >= 15 is 0 Å². The molecule has 107 heavy (non-hydrogen) atoms. The number of carbonyl (C=O) groups excluding carboxylic acids is 2. The number of fused-ring (bicyclic) bond motifs is 6. The molecule has 548 valence electrons. The monoisotopic (exact) mass is 1460 g/mol. The third-order valence-electron chi connectivity index (χ3n) is 19.2. The minimum Gasteiger partial charge on any atom is -0.480 e. The molecule has 0 saturated carbocycles. The summed E-state index contributed by atoms with van der Waals surface area (Å²) in [5.41, 5.74) is 6.82. The number of aliphatic carboxylic acids is 1. The van der Waals surface area contributed by atoms with E-state index in [1.54, 1.807) is 51.3 Å². The van der Waals surface area contributed by atoms with E-state index in [1.807, 2.05) is 114 Å². The van der Waals surface area contributed by atoms with Crippen molar-refractivity contribution in [3.63, 3.8) is 0 Å². The summed E-state index contributed by atoms with van der Waals surface area (Å²) >= 11 is 6.11. The molecular weight excluding hydrogens is 1390 g/mol. The van der Waals surface area contributed by atoms with Crippen molar-refractivity contribution in [1.82, 2.24) is 78.8 Å². The van der Waals surface area contributed by atoms with Crippen molar-refractivity contribution in [1.29, 1.82) is 0 Å². The minimum absolute atomic E-state index is 0.00381. The van der Waals surface area contributed by atoms with Crippen molar-refractivity contribution in [2.75, 3.05) is 131 Å². The lowest BCUT2D eigenvalue weighted by Crippen LogP contribution is -2.47. The maximum absolute atomic E-state index is 12.3. The van der Waals surface area contributed by atoms with E-state index in [4.69, 9.17) is 41.0 Å². The molecule has 34 heteroatoms. The number of nitrogens with one attached hydrogen (secondary N) is 1. The number of piperazine rings is 3. The highest BCUT2D eigenvalue weighted by molar-refractivity contribution is 6.28. The molecule has 0 aromatic carbocycles. The van der Waals surface area contributed by atoms with Crippen molar-refractivity contribution in [2.24, 2.45) is 33.1 Å². The van der Waals surface area contributed by atoms with E-state index in [1.165, 1.54) is 18.3 Å². The molecule has 33 nitrogen and oxygen atoms in total. The summed E-state index contributed by atoms with van der Waals surface area (Å²) in [7, 11) is 0. The quantitative estimate of drug-likeness (QED) is 0.0824. The second-order valence-corrected chi connectivity index (χ2v) is 26.1. The van der Waals surface area contributed by atoms with Crippen molar-refractivity contribution in [3.8, 4) is 0 Å². The molecule has 15 heterocycles.